The van der Waals surface area contributed by atoms with Gasteiger partial charge in [0.15, 0.2) is 0 Å². The van der Waals surface area contributed by atoms with Crippen LogP contribution in [0, 0.1) is 0 Å². The van der Waals surface area contributed by atoms with Crippen molar-refractivity contribution in [2.75, 3.05) is 32.6 Å². The predicted molar refractivity (Wildman–Crippen MR) is 85.2 cm³/mol. The van der Waals surface area contributed by atoms with Crippen LogP contribution < -0.4 is 4.72 Å². The van der Waals surface area contributed by atoms with Crippen molar-refractivity contribution in [3.05, 3.63) is 35.9 Å². The number of benzene rings is 1. The number of carbonyl (C=O) groups excluding carboxylic acids is 1. The van der Waals surface area contributed by atoms with Gasteiger partial charge in [-0.05, 0) is 5.56 Å². The van der Waals surface area contributed by atoms with Crippen LogP contribution in [-0.2, 0) is 19.6 Å². The summed E-state index contributed by atoms with van der Waals surface area (Å²) < 4.78 is 30.1. The van der Waals surface area contributed by atoms with Gasteiger partial charge in [-0.15, -0.1) is 0 Å². The van der Waals surface area contributed by atoms with Crippen LogP contribution >= 0.6 is 0 Å². The van der Waals surface area contributed by atoms with Gasteiger partial charge < -0.3 is 14.7 Å². The van der Waals surface area contributed by atoms with E-state index in [9.17, 15) is 18.3 Å². The van der Waals surface area contributed by atoms with Gasteiger partial charge in [0, 0.05) is 19.5 Å². The van der Waals surface area contributed by atoms with Crippen LogP contribution in [0.15, 0.2) is 30.3 Å². The Hall–Kier alpha value is -1.48. The Morgan fingerprint density at radius 1 is 1.39 bits per heavy atom. The van der Waals surface area contributed by atoms with Crippen molar-refractivity contribution in [3.8, 4) is 0 Å². The zero-order valence-corrected chi connectivity index (χ0v) is 13.8. The minimum Gasteiger partial charge on any atom is -0.394 e. The molecule has 0 unspecified atom stereocenters. The zero-order chi connectivity index (χ0) is 16.9. The van der Waals surface area contributed by atoms with Gasteiger partial charge in [0.05, 0.1) is 25.5 Å². The van der Waals surface area contributed by atoms with Crippen molar-refractivity contribution in [3.63, 3.8) is 0 Å². The molecule has 8 heteroatoms. The van der Waals surface area contributed by atoms with Gasteiger partial charge in [-0.2, -0.15) is 0 Å². The lowest BCUT2D eigenvalue weighted by Crippen LogP contribution is -2.50. The molecule has 0 spiro atoms. The van der Waals surface area contributed by atoms with Crippen molar-refractivity contribution in [1.29, 1.82) is 0 Å². The number of carbonyl (C=O) groups is 1. The molecule has 7 nitrogen and oxygen atoms in total. The number of aliphatic hydroxyl groups is 1. The molecule has 0 aromatic heterocycles. The smallest absolute Gasteiger partial charge is 0.224 e. The number of hydrogen-bond acceptors (Lipinski definition) is 5. The predicted octanol–water partition coefficient (Wildman–Crippen LogP) is -0.113. The third kappa shape index (κ3) is 5.00. The second kappa shape index (κ2) is 7.87. The Balaban J connectivity index is 2.12. The van der Waals surface area contributed by atoms with E-state index in [2.05, 4.69) is 4.72 Å². The van der Waals surface area contributed by atoms with Crippen molar-refractivity contribution >= 4 is 15.9 Å². The summed E-state index contributed by atoms with van der Waals surface area (Å²) in [7, 11) is -3.32. The fourth-order valence-electron chi connectivity index (χ4n) is 2.70. The highest BCUT2D eigenvalue weighted by Gasteiger charge is 2.35. The van der Waals surface area contributed by atoms with Gasteiger partial charge in [-0.25, -0.2) is 13.1 Å². The van der Waals surface area contributed by atoms with E-state index in [0.29, 0.717) is 13.2 Å². The number of sulfonamides is 1. The normalized spacial score (nSPS) is 22.1. The lowest BCUT2D eigenvalue weighted by Gasteiger charge is -2.41. The lowest BCUT2D eigenvalue weighted by atomic mass is 9.98. The monoisotopic (exact) mass is 342 g/mol. The van der Waals surface area contributed by atoms with Crippen LogP contribution in [0.1, 0.15) is 18.0 Å². The van der Waals surface area contributed by atoms with E-state index in [-0.39, 0.29) is 31.5 Å². The fraction of sp³-hybridized carbons (Fsp3) is 0.533. The zero-order valence-electron chi connectivity index (χ0n) is 13.0. The van der Waals surface area contributed by atoms with E-state index in [1.807, 2.05) is 30.3 Å². The molecule has 1 saturated heterocycles. The quantitative estimate of drug-likeness (QED) is 0.752. The van der Waals surface area contributed by atoms with Crippen molar-refractivity contribution < 1.29 is 23.1 Å². The number of nitrogens with zero attached hydrogens (tertiary/aromatic N) is 1. The topological polar surface area (TPSA) is 95.9 Å². The first kappa shape index (κ1) is 17.9. The van der Waals surface area contributed by atoms with Gasteiger partial charge in [0.1, 0.15) is 6.10 Å². The maximum Gasteiger partial charge on any atom is 0.224 e. The Labute approximate surface area is 136 Å². The average Bonchev–Trinajstić information content (AvgIpc) is 2.53. The molecule has 1 aliphatic heterocycles. The first-order chi connectivity index (χ1) is 10.9. The van der Waals surface area contributed by atoms with Gasteiger partial charge in [-0.1, -0.05) is 30.3 Å². The van der Waals surface area contributed by atoms with Gasteiger partial charge in [-0.3, -0.25) is 4.79 Å². The lowest BCUT2D eigenvalue weighted by molar-refractivity contribution is -0.149. The van der Waals surface area contributed by atoms with E-state index in [1.54, 1.807) is 4.90 Å². The summed E-state index contributed by atoms with van der Waals surface area (Å²) >= 11 is 0. The first-order valence-electron chi connectivity index (χ1n) is 7.44. The number of amides is 1. The van der Waals surface area contributed by atoms with E-state index in [4.69, 9.17) is 4.74 Å². The van der Waals surface area contributed by atoms with Crippen LogP contribution in [0.2, 0.25) is 0 Å². The summed E-state index contributed by atoms with van der Waals surface area (Å²) in [6.07, 6.45) is 0.632. The van der Waals surface area contributed by atoms with Crippen LogP contribution in [-0.4, -0.2) is 63.0 Å². The van der Waals surface area contributed by atoms with E-state index in [1.165, 1.54) is 0 Å². The van der Waals surface area contributed by atoms with Crippen molar-refractivity contribution in [2.45, 2.75) is 18.6 Å². The van der Waals surface area contributed by atoms with Gasteiger partial charge in [0.2, 0.25) is 15.9 Å². The SMILES string of the molecule is CS(=O)(=O)NCCC(=O)N1CCO[C@H](CO)[C@H]1c1ccccc1. The largest absolute Gasteiger partial charge is 0.394 e. The van der Waals surface area contributed by atoms with E-state index >= 15 is 0 Å². The molecule has 1 aliphatic rings. The molecule has 0 radical (unpaired) electrons. The Morgan fingerprint density at radius 2 is 2.09 bits per heavy atom. The van der Waals surface area contributed by atoms with Gasteiger partial charge >= 0.3 is 0 Å². The maximum absolute atomic E-state index is 12.5. The Morgan fingerprint density at radius 3 is 2.70 bits per heavy atom. The summed E-state index contributed by atoms with van der Waals surface area (Å²) in [5.41, 5.74) is 0.885. The first-order valence-corrected chi connectivity index (χ1v) is 9.33. The molecule has 2 rings (SSSR count). The van der Waals surface area contributed by atoms with E-state index in [0.717, 1.165) is 11.8 Å². The number of morpholine rings is 1. The molecule has 0 saturated carbocycles. The molecular formula is C15H22N2O5S. The van der Waals surface area contributed by atoms with Crippen LogP contribution in [0.4, 0.5) is 0 Å². The van der Waals surface area contributed by atoms with Crippen molar-refractivity contribution in [2.24, 2.45) is 0 Å². The van der Waals surface area contributed by atoms with E-state index < -0.39 is 16.1 Å². The molecule has 0 aliphatic carbocycles. The highest BCUT2D eigenvalue weighted by molar-refractivity contribution is 7.88. The van der Waals surface area contributed by atoms with Crippen molar-refractivity contribution in [1.82, 2.24) is 9.62 Å². The molecule has 1 aromatic carbocycles. The minimum absolute atomic E-state index is 0.0559. The molecule has 23 heavy (non-hydrogen) atoms. The third-order valence-corrected chi connectivity index (χ3v) is 4.43. The highest BCUT2D eigenvalue weighted by atomic mass is 32.2. The number of rotatable bonds is 6. The second-order valence-corrected chi connectivity index (χ2v) is 7.28. The van der Waals surface area contributed by atoms with Gasteiger partial charge in [0.25, 0.3) is 0 Å². The third-order valence-electron chi connectivity index (χ3n) is 3.70. The molecule has 1 aromatic rings. The van der Waals surface area contributed by atoms with Crippen LogP contribution in [0.5, 0.6) is 0 Å². The molecule has 1 heterocycles. The van der Waals surface area contributed by atoms with Crippen LogP contribution in [0.3, 0.4) is 0 Å². The number of aliphatic hydroxyl groups excluding tert-OH is 1. The number of hydrogen-bond donors (Lipinski definition) is 2. The number of ether oxygens (including phenoxy) is 1. The second-order valence-electron chi connectivity index (χ2n) is 5.45. The summed E-state index contributed by atoms with van der Waals surface area (Å²) in [5.74, 6) is -0.170. The molecule has 2 N–H and O–H groups in total. The average molecular weight is 342 g/mol. The molecule has 1 fully saturated rings. The summed E-state index contributed by atoms with van der Waals surface area (Å²) in [6, 6.07) is 9.01. The molecule has 128 valence electrons. The molecule has 0 bridgehead atoms. The molecule has 2 atom stereocenters. The summed E-state index contributed by atoms with van der Waals surface area (Å²) in [4.78, 5) is 14.1. The Kier molecular flexibility index (Phi) is 6.11. The maximum atomic E-state index is 12.5. The minimum atomic E-state index is -3.32. The summed E-state index contributed by atoms with van der Waals surface area (Å²) in [5, 5.41) is 9.55. The number of nitrogens with one attached hydrogen (secondary N) is 1. The Bertz CT molecular complexity index is 620. The summed E-state index contributed by atoms with van der Waals surface area (Å²) in [6.45, 7) is 0.624. The highest BCUT2D eigenvalue weighted by Crippen LogP contribution is 2.29. The molecule has 1 amide bonds. The van der Waals surface area contributed by atoms with Crippen LogP contribution in [0.25, 0.3) is 0 Å². The molecular weight excluding hydrogens is 320 g/mol. The fourth-order valence-corrected chi connectivity index (χ4v) is 3.17. The standard InChI is InChI=1S/C15H22N2O5S/c1-23(20,21)16-8-7-14(19)17-9-10-22-13(11-18)15(17)12-5-3-2-4-6-12/h2-6,13,15-16,18H,7-11H2,1H3/t13-,15-/m1/s1.